The van der Waals surface area contributed by atoms with E-state index in [0.29, 0.717) is 13.2 Å². The Hall–Kier alpha value is -3.58. The van der Waals surface area contributed by atoms with Gasteiger partial charge in [-0.3, -0.25) is 0 Å². The quantitative estimate of drug-likeness (QED) is 0.360. The fourth-order valence-corrected chi connectivity index (χ4v) is 4.02. The minimum Gasteiger partial charge on any atom is -0.484 e. The van der Waals surface area contributed by atoms with Gasteiger partial charge in [0.1, 0.15) is 35.7 Å². The summed E-state index contributed by atoms with van der Waals surface area (Å²) < 4.78 is 12.0. The summed E-state index contributed by atoms with van der Waals surface area (Å²) in [4.78, 5) is 9.21. The molecule has 3 heterocycles. The van der Waals surface area contributed by atoms with Crippen molar-refractivity contribution in [2.24, 2.45) is 0 Å². The van der Waals surface area contributed by atoms with E-state index >= 15 is 0 Å². The van der Waals surface area contributed by atoms with Crippen molar-refractivity contribution >= 4 is 33.1 Å². The number of hydrogen-bond acceptors (Lipinski definition) is 7. The van der Waals surface area contributed by atoms with Gasteiger partial charge in [0.2, 0.25) is 0 Å². The van der Waals surface area contributed by atoms with Gasteiger partial charge >= 0.3 is 0 Å². The van der Waals surface area contributed by atoms with E-state index in [2.05, 4.69) is 32.3 Å². The molecule has 0 saturated heterocycles. The number of ether oxygens (including phenoxy) is 2. The molecule has 0 aliphatic rings. The predicted molar refractivity (Wildman–Crippen MR) is 122 cm³/mol. The van der Waals surface area contributed by atoms with Crippen LogP contribution in [0.2, 0.25) is 0 Å². The monoisotopic (exact) mass is 428 g/mol. The smallest absolute Gasteiger partial charge is 0.155 e. The summed E-state index contributed by atoms with van der Waals surface area (Å²) in [5.41, 5.74) is 3.62. The Morgan fingerprint density at radius 3 is 1.61 bits per heavy atom. The second kappa shape index (κ2) is 8.28. The number of hydrogen-bond donors (Lipinski definition) is 0. The summed E-state index contributed by atoms with van der Waals surface area (Å²) in [5.74, 6) is 1.48. The van der Waals surface area contributed by atoms with Crippen molar-refractivity contribution in [1.29, 1.82) is 0 Å². The summed E-state index contributed by atoms with van der Waals surface area (Å²) in [6, 6.07) is 19.9. The maximum absolute atomic E-state index is 6.00. The van der Waals surface area contributed by atoms with Gasteiger partial charge in [-0.15, -0.1) is 10.2 Å². The molecule has 31 heavy (non-hydrogen) atoms. The van der Waals surface area contributed by atoms with Gasteiger partial charge in [0, 0.05) is 22.2 Å². The molecule has 0 amide bonds. The van der Waals surface area contributed by atoms with E-state index in [9.17, 15) is 0 Å². The van der Waals surface area contributed by atoms with E-state index in [0.717, 1.165) is 54.7 Å². The topological polar surface area (TPSA) is 70.0 Å². The molecule has 0 atom stereocenters. The molecule has 2 aromatic carbocycles. The van der Waals surface area contributed by atoms with Gasteiger partial charge in [0.15, 0.2) is 10.0 Å². The summed E-state index contributed by atoms with van der Waals surface area (Å²) >= 11 is 1.48. The maximum Gasteiger partial charge on any atom is 0.155 e. The molecule has 7 heteroatoms. The normalized spacial score (nSPS) is 11.2. The molecule has 0 spiro atoms. The summed E-state index contributed by atoms with van der Waals surface area (Å²) in [6.07, 6.45) is 0. The molecule has 5 rings (SSSR count). The lowest BCUT2D eigenvalue weighted by Gasteiger charge is -2.08. The largest absolute Gasteiger partial charge is 0.484 e. The lowest BCUT2D eigenvalue weighted by Crippen LogP contribution is -1.97. The van der Waals surface area contributed by atoms with Crippen LogP contribution in [0.3, 0.4) is 0 Å². The first-order valence-corrected chi connectivity index (χ1v) is 10.8. The van der Waals surface area contributed by atoms with Gasteiger partial charge in [-0.05, 0) is 38.1 Å². The van der Waals surface area contributed by atoms with E-state index in [1.54, 1.807) is 0 Å². The maximum atomic E-state index is 6.00. The number of para-hydroxylation sites is 2. The Bertz CT molecular complexity index is 1280. The molecule has 0 radical (unpaired) electrons. The SMILES string of the molecule is Cc1ccc2cccc(OCc3nnc(COc4cccc5ccc(C)nc45)s3)c2n1. The molecule has 6 nitrogen and oxygen atoms in total. The minimum atomic E-state index is 0.335. The standard InChI is InChI=1S/C24H20N4O2S/c1-15-9-11-17-5-3-7-19(23(17)25-15)29-13-21-27-28-22(31-21)14-30-20-8-4-6-18-12-10-16(2)26-24(18)20/h3-12H,13-14H2,1-2H3. The molecule has 0 bridgehead atoms. The van der Waals surface area contributed by atoms with Gasteiger partial charge in [-0.2, -0.15) is 0 Å². The van der Waals surface area contributed by atoms with Gasteiger partial charge in [0.05, 0.1) is 0 Å². The highest BCUT2D eigenvalue weighted by Gasteiger charge is 2.10. The molecule has 154 valence electrons. The van der Waals surface area contributed by atoms with E-state index in [4.69, 9.17) is 9.47 Å². The molecular formula is C24H20N4O2S. The molecule has 0 N–H and O–H groups in total. The Morgan fingerprint density at radius 1 is 0.645 bits per heavy atom. The molecule has 0 aliphatic carbocycles. The summed E-state index contributed by atoms with van der Waals surface area (Å²) in [7, 11) is 0. The fraction of sp³-hybridized carbons (Fsp3) is 0.167. The highest BCUT2D eigenvalue weighted by atomic mass is 32.1. The number of nitrogens with zero attached hydrogens (tertiary/aromatic N) is 4. The van der Waals surface area contributed by atoms with Crippen molar-refractivity contribution in [1.82, 2.24) is 20.2 Å². The third-order valence-electron chi connectivity index (χ3n) is 4.86. The van der Waals surface area contributed by atoms with Crippen molar-refractivity contribution in [3.8, 4) is 11.5 Å². The van der Waals surface area contributed by atoms with Gasteiger partial charge in [0.25, 0.3) is 0 Å². The van der Waals surface area contributed by atoms with Gasteiger partial charge in [-0.25, -0.2) is 9.97 Å². The minimum absolute atomic E-state index is 0.335. The van der Waals surface area contributed by atoms with Crippen LogP contribution in [0.15, 0.2) is 60.7 Å². The van der Waals surface area contributed by atoms with Gasteiger partial charge in [-0.1, -0.05) is 47.7 Å². The summed E-state index contributed by atoms with van der Waals surface area (Å²) in [6.45, 7) is 4.61. The van der Waals surface area contributed by atoms with Crippen LogP contribution < -0.4 is 9.47 Å². The predicted octanol–water partition coefficient (Wildman–Crippen LogP) is 5.41. The summed E-state index contributed by atoms with van der Waals surface area (Å²) in [5, 5.41) is 12.2. The zero-order valence-corrected chi connectivity index (χ0v) is 18.0. The zero-order chi connectivity index (χ0) is 21.2. The van der Waals surface area contributed by atoms with E-state index in [-0.39, 0.29) is 0 Å². The van der Waals surface area contributed by atoms with Crippen LogP contribution in [-0.2, 0) is 13.2 Å². The van der Waals surface area contributed by atoms with Crippen LogP contribution in [0, 0.1) is 13.8 Å². The first-order chi connectivity index (χ1) is 15.2. The number of aromatic nitrogens is 4. The van der Waals surface area contributed by atoms with Crippen LogP contribution in [-0.4, -0.2) is 20.2 Å². The first-order valence-electron chi connectivity index (χ1n) is 9.95. The molecular weight excluding hydrogens is 408 g/mol. The Labute approximate surface area is 183 Å². The lowest BCUT2D eigenvalue weighted by molar-refractivity contribution is 0.305. The van der Waals surface area contributed by atoms with Gasteiger partial charge < -0.3 is 9.47 Å². The molecule has 0 saturated carbocycles. The van der Waals surface area contributed by atoms with Crippen LogP contribution in [0.4, 0.5) is 0 Å². The number of aryl methyl sites for hydroxylation is 2. The van der Waals surface area contributed by atoms with E-state index < -0.39 is 0 Å². The van der Waals surface area contributed by atoms with E-state index in [1.807, 2.05) is 62.4 Å². The fourth-order valence-electron chi connectivity index (χ4n) is 3.35. The van der Waals surface area contributed by atoms with Crippen LogP contribution in [0.25, 0.3) is 21.8 Å². The molecule has 0 fully saturated rings. The Kier molecular flexibility index (Phi) is 5.18. The Morgan fingerprint density at radius 2 is 1.13 bits per heavy atom. The van der Waals surface area contributed by atoms with Crippen LogP contribution in [0.5, 0.6) is 11.5 Å². The Balaban J connectivity index is 1.27. The number of benzene rings is 2. The average molecular weight is 429 g/mol. The van der Waals surface area contributed by atoms with Crippen molar-refractivity contribution in [2.75, 3.05) is 0 Å². The van der Waals surface area contributed by atoms with Crippen molar-refractivity contribution in [2.45, 2.75) is 27.1 Å². The number of fused-ring (bicyclic) bond motifs is 2. The average Bonchev–Trinajstić information content (AvgIpc) is 3.24. The van der Waals surface area contributed by atoms with Crippen molar-refractivity contribution in [3.63, 3.8) is 0 Å². The molecule has 0 unspecified atom stereocenters. The molecule has 3 aromatic heterocycles. The highest BCUT2D eigenvalue weighted by molar-refractivity contribution is 7.11. The van der Waals surface area contributed by atoms with Crippen molar-refractivity contribution < 1.29 is 9.47 Å². The number of rotatable bonds is 6. The first kappa shape index (κ1) is 19.4. The third kappa shape index (κ3) is 4.18. The zero-order valence-electron chi connectivity index (χ0n) is 17.2. The third-order valence-corrected chi connectivity index (χ3v) is 5.73. The lowest BCUT2D eigenvalue weighted by atomic mass is 10.2. The number of pyridine rings is 2. The van der Waals surface area contributed by atoms with Crippen LogP contribution >= 0.6 is 11.3 Å². The second-order valence-corrected chi connectivity index (χ2v) is 8.37. The van der Waals surface area contributed by atoms with Crippen LogP contribution in [0.1, 0.15) is 21.4 Å². The highest BCUT2D eigenvalue weighted by Crippen LogP contribution is 2.27. The molecule has 0 aliphatic heterocycles. The second-order valence-electron chi connectivity index (χ2n) is 7.23. The van der Waals surface area contributed by atoms with Crippen molar-refractivity contribution in [3.05, 3.63) is 82.1 Å². The molecule has 5 aromatic rings. The van der Waals surface area contributed by atoms with E-state index in [1.165, 1.54) is 11.3 Å².